The average Bonchev–Trinajstić information content (AvgIpc) is 3.36. The Morgan fingerprint density at radius 1 is 1.07 bits per heavy atom. The Balaban J connectivity index is 1.57. The van der Waals surface area contributed by atoms with Crippen molar-refractivity contribution in [3.8, 4) is 0 Å². The molecule has 0 bridgehead atoms. The number of rotatable bonds is 5. The lowest BCUT2D eigenvalue weighted by Crippen LogP contribution is -2.29. The summed E-state index contributed by atoms with van der Waals surface area (Å²) in [7, 11) is -3.43. The first-order chi connectivity index (χ1) is 12.9. The van der Waals surface area contributed by atoms with Crippen LogP contribution in [0, 0.1) is 0 Å². The molecule has 2 aliphatic heterocycles. The van der Waals surface area contributed by atoms with Gasteiger partial charge in [0.15, 0.2) is 0 Å². The van der Waals surface area contributed by atoms with E-state index >= 15 is 0 Å². The Morgan fingerprint density at radius 3 is 2.22 bits per heavy atom. The molecule has 6 nitrogen and oxygen atoms in total. The Bertz CT molecular complexity index is 784. The highest BCUT2D eigenvalue weighted by Crippen LogP contribution is 2.24. The Hall–Kier alpha value is -1.16. The summed E-state index contributed by atoms with van der Waals surface area (Å²) in [5.41, 5.74) is 0.583. The molecule has 1 atom stereocenters. The summed E-state index contributed by atoms with van der Waals surface area (Å²) in [6.07, 6.45) is 4.10. The first-order valence-corrected chi connectivity index (χ1v) is 12.0. The second kappa shape index (κ2) is 8.89. The lowest BCUT2D eigenvalue weighted by molar-refractivity contribution is -0.115. The second-order valence-electron chi connectivity index (χ2n) is 6.84. The van der Waals surface area contributed by atoms with Crippen LogP contribution >= 0.6 is 24.0 Å². The van der Waals surface area contributed by atoms with Gasteiger partial charge in [0.05, 0.1) is 10.1 Å². The number of amides is 1. The fourth-order valence-electron chi connectivity index (χ4n) is 3.21. The highest BCUT2D eigenvalue weighted by molar-refractivity contribution is 8.23. The predicted octanol–water partition coefficient (Wildman–Crippen LogP) is 2.91. The number of benzene rings is 1. The number of carbonyl (C=O) groups is 1. The van der Waals surface area contributed by atoms with E-state index in [1.165, 1.54) is 16.1 Å². The molecule has 0 aromatic heterocycles. The fraction of sp³-hybridized carbons (Fsp3) is 0.556. The molecule has 1 amide bonds. The minimum Gasteiger partial charge on any atom is -0.358 e. The second-order valence-corrected chi connectivity index (χ2v) is 10.8. The summed E-state index contributed by atoms with van der Waals surface area (Å²) in [5.74, 6) is -0.142. The van der Waals surface area contributed by atoms with E-state index in [2.05, 4.69) is 10.2 Å². The number of thioether (sulfide) groups is 1. The SMILES string of the molecule is CC(SC(=S)N1CCCC1)C(=O)Nc1ccc(S(=O)(=O)N2CCCC2)cc1. The quantitative estimate of drug-likeness (QED) is 0.729. The van der Waals surface area contributed by atoms with Gasteiger partial charge in [0, 0.05) is 31.9 Å². The maximum atomic E-state index is 12.5. The van der Waals surface area contributed by atoms with Crippen molar-refractivity contribution in [2.75, 3.05) is 31.5 Å². The Morgan fingerprint density at radius 2 is 1.63 bits per heavy atom. The number of thiocarbonyl (C=S) groups is 1. The van der Waals surface area contributed by atoms with E-state index < -0.39 is 10.0 Å². The molecule has 0 saturated carbocycles. The number of carbonyl (C=O) groups excluding carboxylic acids is 1. The molecule has 2 aliphatic rings. The van der Waals surface area contributed by atoms with Gasteiger partial charge in [0.25, 0.3) is 0 Å². The van der Waals surface area contributed by atoms with E-state index in [1.807, 2.05) is 6.92 Å². The molecule has 1 N–H and O–H groups in total. The number of likely N-dealkylation sites (tertiary alicyclic amines) is 1. The molecule has 2 fully saturated rings. The summed E-state index contributed by atoms with van der Waals surface area (Å²) in [5, 5.41) is 2.53. The van der Waals surface area contributed by atoms with Crippen molar-refractivity contribution >= 4 is 49.9 Å². The molecule has 0 spiro atoms. The largest absolute Gasteiger partial charge is 0.358 e. The van der Waals surface area contributed by atoms with Crippen LogP contribution < -0.4 is 5.32 Å². The Labute approximate surface area is 170 Å². The van der Waals surface area contributed by atoms with Crippen molar-refractivity contribution in [2.24, 2.45) is 0 Å². The van der Waals surface area contributed by atoms with Crippen LogP contribution in [0.5, 0.6) is 0 Å². The van der Waals surface area contributed by atoms with E-state index in [-0.39, 0.29) is 16.1 Å². The molecule has 0 aliphatic carbocycles. The predicted molar refractivity (Wildman–Crippen MR) is 114 cm³/mol. The summed E-state index contributed by atoms with van der Waals surface area (Å²) in [6, 6.07) is 6.37. The lowest BCUT2D eigenvalue weighted by atomic mass is 10.3. The highest BCUT2D eigenvalue weighted by atomic mass is 32.2. The third-order valence-corrected chi connectivity index (χ3v) is 8.32. The number of sulfonamides is 1. The van der Waals surface area contributed by atoms with Gasteiger partial charge in [-0.25, -0.2) is 8.42 Å². The van der Waals surface area contributed by atoms with Crippen molar-refractivity contribution in [3.63, 3.8) is 0 Å². The summed E-state index contributed by atoms with van der Waals surface area (Å²) in [6.45, 7) is 4.91. The van der Waals surface area contributed by atoms with Crippen LogP contribution in [0.4, 0.5) is 5.69 Å². The summed E-state index contributed by atoms with van der Waals surface area (Å²) < 4.78 is 27.4. The summed E-state index contributed by atoms with van der Waals surface area (Å²) >= 11 is 6.81. The van der Waals surface area contributed by atoms with Crippen LogP contribution in [0.1, 0.15) is 32.6 Å². The number of anilines is 1. The zero-order valence-corrected chi connectivity index (χ0v) is 17.8. The van der Waals surface area contributed by atoms with Crippen molar-refractivity contribution in [1.29, 1.82) is 0 Å². The van der Waals surface area contributed by atoms with Crippen molar-refractivity contribution in [3.05, 3.63) is 24.3 Å². The molecular formula is C18H25N3O3S3. The van der Waals surface area contributed by atoms with Gasteiger partial charge in [-0.15, -0.1) is 0 Å². The molecule has 0 radical (unpaired) electrons. The summed E-state index contributed by atoms with van der Waals surface area (Å²) in [4.78, 5) is 14.8. The smallest absolute Gasteiger partial charge is 0.243 e. The molecule has 2 heterocycles. The first-order valence-electron chi connectivity index (χ1n) is 9.24. The van der Waals surface area contributed by atoms with Crippen LogP contribution in [-0.4, -0.2) is 59.3 Å². The minimum atomic E-state index is -3.43. The van der Waals surface area contributed by atoms with Crippen LogP contribution in [-0.2, 0) is 14.8 Å². The van der Waals surface area contributed by atoms with Crippen LogP contribution in [0.2, 0.25) is 0 Å². The van der Waals surface area contributed by atoms with E-state index in [1.54, 1.807) is 24.3 Å². The van der Waals surface area contributed by atoms with Gasteiger partial charge >= 0.3 is 0 Å². The maximum Gasteiger partial charge on any atom is 0.243 e. The van der Waals surface area contributed by atoms with E-state index in [0.29, 0.717) is 18.8 Å². The zero-order valence-electron chi connectivity index (χ0n) is 15.4. The van der Waals surface area contributed by atoms with E-state index in [0.717, 1.165) is 43.1 Å². The average molecular weight is 428 g/mol. The van der Waals surface area contributed by atoms with Gasteiger partial charge in [-0.05, 0) is 56.9 Å². The molecule has 1 aromatic carbocycles. The van der Waals surface area contributed by atoms with Crippen molar-refractivity contribution < 1.29 is 13.2 Å². The molecule has 9 heteroatoms. The van der Waals surface area contributed by atoms with Crippen molar-refractivity contribution in [2.45, 2.75) is 42.8 Å². The Kier molecular flexibility index (Phi) is 6.78. The standard InChI is InChI=1S/C18H25N3O3S3/c1-14(26-18(25)20-10-2-3-11-20)17(22)19-15-6-8-16(9-7-15)27(23,24)21-12-4-5-13-21/h6-9,14H,2-5,10-13H2,1H3,(H,19,22). The fourth-order valence-corrected chi connectivity index (χ4v) is 6.14. The molecule has 2 saturated heterocycles. The minimum absolute atomic E-state index is 0.142. The number of nitrogens with one attached hydrogen (secondary N) is 1. The van der Waals surface area contributed by atoms with Crippen LogP contribution in [0.3, 0.4) is 0 Å². The monoisotopic (exact) mass is 427 g/mol. The molecule has 3 rings (SSSR count). The zero-order chi connectivity index (χ0) is 19.4. The van der Waals surface area contributed by atoms with Crippen molar-refractivity contribution in [1.82, 2.24) is 9.21 Å². The first kappa shape index (κ1) is 20.6. The van der Waals surface area contributed by atoms with E-state index in [4.69, 9.17) is 12.2 Å². The molecule has 1 unspecified atom stereocenters. The molecule has 27 heavy (non-hydrogen) atoms. The van der Waals surface area contributed by atoms with Gasteiger partial charge in [-0.2, -0.15) is 4.31 Å². The molecular weight excluding hydrogens is 402 g/mol. The number of hydrogen-bond acceptors (Lipinski definition) is 5. The van der Waals surface area contributed by atoms with Crippen LogP contribution in [0.25, 0.3) is 0 Å². The number of hydrogen-bond donors (Lipinski definition) is 1. The normalized spacial score (nSPS) is 19.2. The van der Waals surface area contributed by atoms with Gasteiger partial charge < -0.3 is 10.2 Å². The third kappa shape index (κ3) is 5.01. The maximum absolute atomic E-state index is 12.5. The van der Waals surface area contributed by atoms with Gasteiger partial charge in [0.2, 0.25) is 15.9 Å². The van der Waals surface area contributed by atoms with E-state index in [9.17, 15) is 13.2 Å². The number of nitrogens with zero attached hydrogens (tertiary/aromatic N) is 2. The van der Waals surface area contributed by atoms with Gasteiger partial charge in [-0.1, -0.05) is 24.0 Å². The van der Waals surface area contributed by atoms with Gasteiger partial charge in [0.1, 0.15) is 4.32 Å². The van der Waals surface area contributed by atoms with Gasteiger partial charge in [-0.3, -0.25) is 4.79 Å². The lowest BCUT2D eigenvalue weighted by Gasteiger charge is -2.20. The highest BCUT2D eigenvalue weighted by Gasteiger charge is 2.27. The van der Waals surface area contributed by atoms with Crippen LogP contribution in [0.15, 0.2) is 29.2 Å². The molecule has 1 aromatic rings. The third-order valence-electron chi connectivity index (χ3n) is 4.84. The molecule has 148 valence electrons. The topological polar surface area (TPSA) is 69.7 Å².